The van der Waals surface area contributed by atoms with Crippen LogP contribution < -0.4 is 0 Å². The van der Waals surface area contributed by atoms with Gasteiger partial charge < -0.3 is 9.64 Å². The molecule has 2 fully saturated rings. The molecular weight excluding hydrogens is 324 g/mol. The number of likely N-dealkylation sites (tertiary alicyclic amines) is 1. The Morgan fingerprint density at radius 2 is 1.42 bits per heavy atom. The number of hydrogen-bond acceptors (Lipinski definition) is 3. The van der Waals surface area contributed by atoms with Crippen molar-refractivity contribution >= 4 is 5.91 Å². The number of morpholine rings is 1. The van der Waals surface area contributed by atoms with Crippen molar-refractivity contribution in [3.8, 4) is 0 Å². The number of nitrogens with zero attached hydrogens (tertiary/aromatic N) is 2. The maximum absolute atomic E-state index is 12.3. The molecule has 2 aromatic carbocycles. The highest BCUT2D eigenvalue weighted by atomic mass is 16.5. The molecule has 0 aromatic heterocycles. The minimum Gasteiger partial charge on any atom is -0.363 e. The second kappa shape index (κ2) is 7.60. The first kappa shape index (κ1) is 17.3. The number of carbonyl (C=O) groups excluding carboxylic acids is 1. The normalized spacial score (nSPS) is 20.5. The number of hydrogen-bond donors (Lipinski definition) is 0. The molecule has 0 aliphatic carbocycles. The molecule has 4 rings (SSSR count). The highest BCUT2D eigenvalue weighted by molar-refractivity contribution is 5.78. The van der Waals surface area contributed by atoms with Crippen LogP contribution in [-0.4, -0.2) is 47.5 Å². The van der Waals surface area contributed by atoms with Crippen LogP contribution in [0.4, 0.5) is 0 Å². The van der Waals surface area contributed by atoms with Crippen LogP contribution in [0, 0.1) is 0 Å². The van der Waals surface area contributed by atoms with Crippen molar-refractivity contribution in [2.45, 2.75) is 31.5 Å². The molecule has 0 bridgehead atoms. The zero-order valence-electron chi connectivity index (χ0n) is 15.1. The summed E-state index contributed by atoms with van der Waals surface area (Å²) in [7, 11) is 0. The summed E-state index contributed by atoms with van der Waals surface area (Å²) in [5, 5.41) is 0. The fraction of sp³-hybridized carbons (Fsp3) is 0.409. The van der Waals surface area contributed by atoms with Gasteiger partial charge in [-0.25, -0.2) is 0 Å². The lowest BCUT2D eigenvalue weighted by Gasteiger charge is -2.47. The third-order valence-corrected chi connectivity index (χ3v) is 5.57. The molecule has 0 unspecified atom stereocenters. The fourth-order valence-corrected chi connectivity index (χ4v) is 4.00. The Bertz CT molecular complexity index is 724. The summed E-state index contributed by atoms with van der Waals surface area (Å²) in [6.45, 7) is 4.62. The maximum atomic E-state index is 12.3. The monoisotopic (exact) mass is 350 g/mol. The first-order valence-corrected chi connectivity index (χ1v) is 9.44. The number of ether oxygens (including phenoxy) is 1. The van der Waals surface area contributed by atoms with Gasteiger partial charge in [-0.2, -0.15) is 0 Å². The van der Waals surface area contributed by atoms with E-state index in [1.807, 2.05) is 23.1 Å². The van der Waals surface area contributed by atoms with E-state index in [0.717, 1.165) is 32.5 Å². The molecule has 2 aromatic rings. The van der Waals surface area contributed by atoms with E-state index in [-0.39, 0.29) is 18.1 Å². The van der Waals surface area contributed by atoms with Crippen LogP contribution in [0.2, 0.25) is 0 Å². The number of benzene rings is 2. The molecule has 0 radical (unpaired) electrons. The lowest BCUT2D eigenvalue weighted by atomic mass is 9.89. The standard InChI is InChI=1S/C22H26N2O2/c25-21-17-26-22(18-24(21)16-20-9-5-2-6-10-20)11-13-23(14-12-22)15-19-7-3-1-4-8-19/h1-10H,11-18H2. The zero-order chi connectivity index (χ0) is 17.8. The summed E-state index contributed by atoms with van der Waals surface area (Å²) >= 11 is 0. The van der Waals surface area contributed by atoms with E-state index in [2.05, 4.69) is 47.4 Å². The fourth-order valence-electron chi connectivity index (χ4n) is 4.00. The van der Waals surface area contributed by atoms with E-state index >= 15 is 0 Å². The van der Waals surface area contributed by atoms with Crippen LogP contribution in [0.25, 0.3) is 0 Å². The first-order chi connectivity index (χ1) is 12.7. The van der Waals surface area contributed by atoms with Gasteiger partial charge in [-0.15, -0.1) is 0 Å². The quantitative estimate of drug-likeness (QED) is 0.850. The Labute approximate surface area is 155 Å². The van der Waals surface area contributed by atoms with E-state index in [1.54, 1.807) is 0 Å². The summed E-state index contributed by atoms with van der Waals surface area (Å²) in [5.41, 5.74) is 2.36. The van der Waals surface area contributed by atoms with Gasteiger partial charge >= 0.3 is 0 Å². The summed E-state index contributed by atoms with van der Waals surface area (Å²) in [4.78, 5) is 16.8. The van der Waals surface area contributed by atoms with Crippen molar-refractivity contribution in [1.29, 1.82) is 0 Å². The van der Waals surface area contributed by atoms with E-state index in [4.69, 9.17) is 4.74 Å². The molecule has 2 aliphatic heterocycles. The van der Waals surface area contributed by atoms with Crippen molar-refractivity contribution in [3.05, 3.63) is 71.8 Å². The van der Waals surface area contributed by atoms with E-state index < -0.39 is 0 Å². The summed E-state index contributed by atoms with van der Waals surface area (Å²) < 4.78 is 6.07. The number of piperidine rings is 1. The van der Waals surface area contributed by atoms with Gasteiger partial charge in [-0.1, -0.05) is 60.7 Å². The second-order valence-corrected chi connectivity index (χ2v) is 7.47. The van der Waals surface area contributed by atoms with Gasteiger partial charge in [0.05, 0.1) is 12.1 Å². The van der Waals surface area contributed by atoms with Crippen LogP contribution in [0.5, 0.6) is 0 Å². The lowest BCUT2D eigenvalue weighted by molar-refractivity contribution is -0.172. The Balaban J connectivity index is 1.36. The van der Waals surface area contributed by atoms with Gasteiger partial charge in [0, 0.05) is 26.2 Å². The second-order valence-electron chi connectivity index (χ2n) is 7.47. The summed E-state index contributed by atoms with van der Waals surface area (Å²) in [6.07, 6.45) is 1.97. The Kier molecular flexibility index (Phi) is 5.05. The van der Waals surface area contributed by atoms with Crippen molar-refractivity contribution in [1.82, 2.24) is 9.80 Å². The molecule has 0 atom stereocenters. The molecule has 1 amide bonds. The maximum Gasteiger partial charge on any atom is 0.248 e. The largest absolute Gasteiger partial charge is 0.363 e. The van der Waals surface area contributed by atoms with Crippen LogP contribution in [0.15, 0.2) is 60.7 Å². The van der Waals surface area contributed by atoms with Gasteiger partial charge in [0.15, 0.2) is 0 Å². The van der Waals surface area contributed by atoms with Crippen molar-refractivity contribution in [2.24, 2.45) is 0 Å². The number of amides is 1. The van der Waals surface area contributed by atoms with Gasteiger partial charge in [-0.3, -0.25) is 9.69 Å². The zero-order valence-corrected chi connectivity index (χ0v) is 15.1. The van der Waals surface area contributed by atoms with E-state index in [0.29, 0.717) is 13.1 Å². The molecule has 1 spiro atoms. The topological polar surface area (TPSA) is 32.8 Å². The molecule has 2 saturated heterocycles. The summed E-state index contributed by atoms with van der Waals surface area (Å²) in [5.74, 6) is 0.103. The van der Waals surface area contributed by atoms with Crippen LogP contribution >= 0.6 is 0 Å². The van der Waals surface area contributed by atoms with E-state index in [9.17, 15) is 4.79 Å². The number of carbonyl (C=O) groups is 1. The highest BCUT2D eigenvalue weighted by Crippen LogP contribution is 2.31. The Morgan fingerprint density at radius 1 is 0.846 bits per heavy atom. The van der Waals surface area contributed by atoms with Crippen LogP contribution in [0.1, 0.15) is 24.0 Å². The minimum absolute atomic E-state index is 0.103. The van der Waals surface area contributed by atoms with Crippen molar-refractivity contribution in [2.75, 3.05) is 26.2 Å². The molecule has 0 N–H and O–H groups in total. The van der Waals surface area contributed by atoms with Crippen LogP contribution in [-0.2, 0) is 22.6 Å². The van der Waals surface area contributed by atoms with Gasteiger partial charge in [-0.05, 0) is 24.0 Å². The highest BCUT2D eigenvalue weighted by Gasteiger charge is 2.42. The molecule has 0 saturated carbocycles. The third kappa shape index (κ3) is 3.97. The molecule has 2 aliphatic rings. The number of rotatable bonds is 4. The SMILES string of the molecule is O=C1COC2(CCN(Cc3ccccc3)CC2)CN1Cc1ccccc1. The van der Waals surface area contributed by atoms with Crippen molar-refractivity contribution in [3.63, 3.8) is 0 Å². The first-order valence-electron chi connectivity index (χ1n) is 9.44. The van der Waals surface area contributed by atoms with Gasteiger partial charge in [0.1, 0.15) is 6.61 Å². The molecule has 26 heavy (non-hydrogen) atoms. The van der Waals surface area contributed by atoms with Gasteiger partial charge in [0.25, 0.3) is 0 Å². The predicted octanol–water partition coefficient (Wildman–Crippen LogP) is 3.08. The molecular formula is C22H26N2O2. The Morgan fingerprint density at radius 3 is 2.04 bits per heavy atom. The van der Waals surface area contributed by atoms with Gasteiger partial charge in [0.2, 0.25) is 5.91 Å². The third-order valence-electron chi connectivity index (χ3n) is 5.57. The Hall–Kier alpha value is -2.17. The lowest BCUT2D eigenvalue weighted by Crippen LogP contribution is -2.58. The molecule has 2 heterocycles. The summed E-state index contributed by atoms with van der Waals surface area (Å²) in [6, 6.07) is 20.8. The van der Waals surface area contributed by atoms with Crippen LogP contribution in [0.3, 0.4) is 0 Å². The predicted molar refractivity (Wildman–Crippen MR) is 101 cm³/mol. The molecule has 4 nitrogen and oxygen atoms in total. The average Bonchev–Trinajstić information content (AvgIpc) is 2.69. The smallest absolute Gasteiger partial charge is 0.248 e. The average molecular weight is 350 g/mol. The molecule has 4 heteroatoms. The molecule has 136 valence electrons. The minimum atomic E-state index is -0.171. The van der Waals surface area contributed by atoms with Crippen molar-refractivity contribution < 1.29 is 9.53 Å². The van der Waals surface area contributed by atoms with E-state index in [1.165, 1.54) is 11.1 Å².